The number of hydrogen-bond acceptors (Lipinski definition) is 5. The van der Waals surface area contributed by atoms with Crippen LogP contribution in [-0.4, -0.2) is 42.1 Å². The van der Waals surface area contributed by atoms with Crippen molar-refractivity contribution in [3.8, 4) is 11.5 Å². The average molecular weight is 396 g/mol. The number of amides is 2. The Hall–Kier alpha value is -3.55. The van der Waals surface area contributed by atoms with Crippen molar-refractivity contribution in [2.75, 3.05) is 26.1 Å². The van der Waals surface area contributed by atoms with E-state index < -0.39 is 0 Å². The zero-order valence-electron chi connectivity index (χ0n) is 16.7. The number of carbonyl (C=O) groups is 2. The predicted octanol–water partition coefficient (Wildman–Crippen LogP) is 2.37. The molecule has 0 bridgehead atoms. The van der Waals surface area contributed by atoms with Gasteiger partial charge in [-0.3, -0.25) is 9.59 Å². The molecule has 0 unspecified atom stereocenters. The number of benzene rings is 2. The molecule has 2 amide bonds. The summed E-state index contributed by atoms with van der Waals surface area (Å²) in [4.78, 5) is 27.8. The van der Waals surface area contributed by atoms with Gasteiger partial charge in [-0.2, -0.15) is 0 Å². The first kappa shape index (κ1) is 20.2. The molecule has 0 saturated carbocycles. The summed E-state index contributed by atoms with van der Waals surface area (Å²) in [5.41, 5.74) is 3.26. The first-order chi connectivity index (χ1) is 14.0. The molecule has 0 atom stereocenters. The number of rotatable bonds is 8. The number of anilines is 1. The Morgan fingerprint density at radius 2 is 1.86 bits per heavy atom. The lowest BCUT2D eigenvalue weighted by atomic mass is 10.1. The van der Waals surface area contributed by atoms with Crippen molar-refractivity contribution in [3.63, 3.8) is 0 Å². The highest BCUT2D eigenvalue weighted by Crippen LogP contribution is 2.27. The van der Waals surface area contributed by atoms with E-state index in [-0.39, 0.29) is 18.4 Å². The van der Waals surface area contributed by atoms with E-state index in [0.29, 0.717) is 30.2 Å². The Kier molecular flexibility index (Phi) is 6.33. The summed E-state index contributed by atoms with van der Waals surface area (Å²) in [5.74, 6) is 1.10. The topological polar surface area (TPSA) is 94.5 Å². The van der Waals surface area contributed by atoms with Crippen LogP contribution in [0.15, 0.2) is 42.7 Å². The molecule has 0 spiro atoms. The van der Waals surface area contributed by atoms with Crippen molar-refractivity contribution in [2.45, 2.75) is 19.9 Å². The number of hydrogen-bond donors (Lipinski definition) is 2. The van der Waals surface area contributed by atoms with Crippen LogP contribution in [0, 0.1) is 0 Å². The van der Waals surface area contributed by atoms with Crippen LogP contribution in [0.2, 0.25) is 0 Å². The minimum atomic E-state index is -0.141. The van der Waals surface area contributed by atoms with Crippen molar-refractivity contribution in [1.82, 2.24) is 14.9 Å². The van der Waals surface area contributed by atoms with Crippen LogP contribution in [0.3, 0.4) is 0 Å². The van der Waals surface area contributed by atoms with Crippen LogP contribution in [0.25, 0.3) is 11.0 Å². The second kappa shape index (κ2) is 9.09. The number of carbonyl (C=O) groups excluding carboxylic acids is 2. The fourth-order valence-corrected chi connectivity index (χ4v) is 3.06. The molecule has 2 N–H and O–H groups in total. The highest BCUT2D eigenvalue weighted by atomic mass is 16.5. The first-order valence-corrected chi connectivity index (χ1v) is 9.20. The summed E-state index contributed by atoms with van der Waals surface area (Å²) in [6.07, 6.45) is 2.30. The molecule has 3 aromatic rings. The smallest absolute Gasteiger partial charge is 0.240 e. The molecule has 3 rings (SSSR count). The van der Waals surface area contributed by atoms with Crippen LogP contribution in [0.5, 0.6) is 11.5 Å². The van der Waals surface area contributed by atoms with E-state index >= 15 is 0 Å². The van der Waals surface area contributed by atoms with Gasteiger partial charge in [0.15, 0.2) is 11.5 Å². The Bertz CT molecular complexity index is 1030. The third-order valence-corrected chi connectivity index (χ3v) is 4.44. The number of nitrogens with one attached hydrogen (secondary N) is 2. The largest absolute Gasteiger partial charge is 0.493 e. The number of ether oxygens (including phenoxy) is 2. The van der Waals surface area contributed by atoms with E-state index in [2.05, 4.69) is 15.6 Å². The summed E-state index contributed by atoms with van der Waals surface area (Å²) < 4.78 is 12.3. The minimum absolute atomic E-state index is 0.101. The fraction of sp³-hybridized carbons (Fsp3) is 0.286. The molecule has 0 saturated heterocycles. The van der Waals surface area contributed by atoms with Gasteiger partial charge in [-0.1, -0.05) is 6.07 Å². The molecular formula is C21H24N4O4. The van der Waals surface area contributed by atoms with Crippen molar-refractivity contribution < 1.29 is 19.1 Å². The fourth-order valence-electron chi connectivity index (χ4n) is 3.06. The van der Waals surface area contributed by atoms with Crippen molar-refractivity contribution in [1.29, 1.82) is 0 Å². The van der Waals surface area contributed by atoms with E-state index in [4.69, 9.17) is 9.47 Å². The van der Waals surface area contributed by atoms with Gasteiger partial charge in [0.25, 0.3) is 0 Å². The quantitative estimate of drug-likeness (QED) is 0.610. The van der Waals surface area contributed by atoms with Gasteiger partial charge in [-0.25, -0.2) is 4.98 Å². The van der Waals surface area contributed by atoms with E-state index in [1.807, 2.05) is 24.3 Å². The highest BCUT2D eigenvalue weighted by molar-refractivity contribution is 5.91. The second-order valence-electron chi connectivity index (χ2n) is 6.55. The van der Waals surface area contributed by atoms with Gasteiger partial charge < -0.3 is 24.7 Å². The second-order valence-corrected chi connectivity index (χ2v) is 6.55. The number of fused-ring (bicyclic) bond motifs is 1. The van der Waals surface area contributed by atoms with Gasteiger partial charge in [0.05, 0.1) is 31.6 Å². The van der Waals surface area contributed by atoms with Crippen molar-refractivity contribution in [3.05, 3.63) is 48.3 Å². The van der Waals surface area contributed by atoms with E-state index in [9.17, 15) is 9.59 Å². The van der Waals surface area contributed by atoms with Gasteiger partial charge in [0, 0.05) is 19.2 Å². The normalized spacial score (nSPS) is 10.6. The zero-order chi connectivity index (χ0) is 20.8. The number of methoxy groups -OCH3 is 2. The average Bonchev–Trinajstić information content (AvgIpc) is 3.09. The Morgan fingerprint density at radius 1 is 1.07 bits per heavy atom. The lowest BCUT2D eigenvalue weighted by Crippen LogP contribution is -2.29. The van der Waals surface area contributed by atoms with Crippen molar-refractivity contribution >= 4 is 28.5 Å². The molecule has 152 valence electrons. The molecular weight excluding hydrogens is 372 g/mol. The summed E-state index contributed by atoms with van der Waals surface area (Å²) in [6.45, 7) is 2.13. The number of aromatic nitrogens is 2. The lowest BCUT2D eigenvalue weighted by Gasteiger charge is -2.10. The van der Waals surface area contributed by atoms with Crippen LogP contribution in [-0.2, 0) is 22.6 Å². The summed E-state index contributed by atoms with van der Waals surface area (Å²) in [6, 6.07) is 11.1. The zero-order valence-corrected chi connectivity index (χ0v) is 16.7. The van der Waals surface area contributed by atoms with Gasteiger partial charge in [-0.05, 0) is 42.3 Å². The molecule has 0 fully saturated rings. The molecule has 0 aliphatic carbocycles. The third kappa shape index (κ3) is 5.04. The summed E-state index contributed by atoms with van der Waals surface area (Å²) >= 11 is 0. The first-order valence-electron chi connectivity index (χ1n) is 9.20. The molecule has 0 aliphatic rings. The van der Waals surface area contributed by atoms with Crippen molar-refractivity contribution in [2.24, 2.45) is 0 Å². The molecule has 8 nitrogen and oxygen atoms in total. The standard InChI is InChI=1S/C21H24N4O4/c1-14(26)24-16-5-6-18-17(11-16)23-13-25(18)12-21(27)22-9-8-15-4-7-19(28-2)20(10-15)29-3/h4-7,10-11,13H,8-9,12H2,1-3H3,(H,22,27)(H,24,26). The molecule has 0 radical (unpaired) electrons. The maximum absolute atomic E-state index is 12.3. The van der Waals surface area contributed by atoms with Crippen LogP contribution in [0.4, 0.5) is 5.69 Å². The molecule has 1 aromatic heterocycles. The Labute approximate surface area is 168 Å². The SMILES string of the molecule is COc1ccc(CCNC(=O)Cn2cnc3cc(NC(C)=O)ccc32)cc1OC. The Morgan fingerprint density at radius 3 is 2.59 bits per heavy atom. The number of imidazole rings is 1. The van der Waals surface area contributed by atoms with Gasteiger partial charge in [0.2, 0.25) is 11.8 Å². The number of nitrogens with zero attached hydrogens (tertiary/aromatic N) is 2. The molecule has 2 aromatic carbocycles. The summed E-state index contributed by atoms with van der Waals surface area (Å²) in [7, 11) is 3.19. The van der Waals surface area contributed by atoms with Gasteiger partial charge in [0.1, 0.15) is 6.54 Å². The molecule has 8 heteroatoms. The van der Waals surface area contributed by atoms with Crippen LogP contribution in [0.1, 0.15) is 12.5 Å². The Balaban J connectivity index is 1.56. The maximum Gasteiger partial charge on any atom is 0.240 e. The molecule has 0 aliphatic heterocycles. The summed E-state index contributed by atoms with van der Waals surface area (Å²) in [5, 5.41) is 5.64. The van der Waals surface area contributed by atoms with Gasteiger partial charge in [-0.15, -0.1) is 0 Å². The van der Waals surface area contributed by atoms with Gasteiger partial charge >= 0.3 is 0 Å². The minimum Gasteiger partial charge on any atom is -0.493 e. The molecule has 29 heavy (non-hydrogen) atoms. The lowest BCUT2D eigenvalue weighted by molar-refractivity contribution is -0.121. The van der Waals surface area contributed by atoms with Crippen LogP contribution >= 0.6 is 0 Å². The predicted molar refractivity (Wildman–Crippen MR) is 110 cm³/mol. The van der Waals surface area contributed by atoms with E-state index in [1.54, 1.807) is 37.2 Å². The van der Waals surface area contributed by atoms with E-state index in [1.165, 1.54) is 6.92 Å². The highest BCUT2D eigenvalue weighted by Gasteiger charge is 2.09. The van der Waals surface area contributed by atoms with E-state index in [0.717, 1.165) is 16.6 Å². The van der Waals surface area contributed by atoms with Crippen LogP contribution < -0.4 is 20.1 Å². The maximum atomic E-state index is 12.3. The monoisotopic (exact) mass is 396 g/mol. The third-order valence-electron chi connectivity index (χ3n) is 4.44. The molecule has 1 heterocycles.